The summed E-state index contributed by atoms with van der Waals surface area (Å²) in [5, 5.41) is 0. The molecule has 0 amide bonds. The molecule has 0 radical (unpaired) electrons. The lowest BCUT2D eigenvalue weighted by atomic mass is 10.1. The van der Waals surface area contributed by atoms with E-state index in [9.17, 15) is 4.79 Å². The number of nitrogens with two attached hydrogens (primary N) is 1. The third-order valence-electron chi connectivity index (χ3n) is 2.09. The first kappa shape index (κ1) is 11.5. The fourth-order valence-electron chi connectivity index (χ4n) is 1.29. The van der Waals surface area contributed by atoms with Crippen LogP contribution >= 0.6 is 0 Å². The largest absolute Gasteiger partial charge is 0.497 e. The molecule has 1 atom stereocenters. The van der Waals surface area contributed by atoms with Crippen molar-refractivity contribution in [3.8, 4) is 5.75 Å². The number of hydrogen-bond acceptors (Lipinski definition) is 4. The molecule has 1 rings (SSSR count). The summed E-state index contributed by atoms with van der Waals surface area (Å²) >= 11 is 0. The molecule has 4 nitrogen and oxygen atoms in total. The zero-order valence-corrected chi connectivity index (χ0v) is 8.90. The van der Waals surface area contributed by atoms with Crippen LogP contribution in [0.1, 0.15) is 5.56 Å². The first-order chi connectivity index (χ1) is 7.17. The van der Waals surface area contributed by atoms with Crippen LogP contribution in [0.25, 0.3) is 0 Å². The number of benzene rings is 1. The van der Waals surface area contributed by atoms with Crippen molar-refractivity contribution in [1.82, 2.24) is 0 Å². The molecule has 1 aromatic rings. The molecule has 0 aromatic heterocycles. The van der Waals surface area contributed by atoms with Gasteiger partial charge in [0.1, 0.15) is 11.8 Å². The van der Waals surface area contributed by atoms with Gasteiger partial charge in [-0.3, -0.25) is 4.79 Å². The maximum absolute atomic E-state index is 11.1. The van der Waals surface area contributed by atoms with Gasteiger partial charge < -0.3 is 15.2 Å². The minimum absolute atomic E-state index is 0.405. The number of ether oxygens (including phenoxy) is 2. The molecule has 0 aliphatic heterocycles. The summed E-state index contributed by atoms with van der Waals surface area (Å²) < 4.78 is 9.61. The van der Waals surface area contributed by atoms with Crippen molar-refractivity contribution < 1.29 is 14.3 Å². The van der Waals surface area contributed by atoms with Crippen molar-refractivity contribution in [1.29, 1.82) is 0 Å². The lowest BCUT2D eigenvalue weighted by Gasteiger charge is -2.09. The van der Waals surface area contributed by atoms with E-state index in [-0.39, 0.29) is 0 Å². The Morgan fingerprint density at radius 2 is 2.20 bits per heavy atom. The third kappa shape index (κ3) is 3.25. The number of esters is 1. The van der Waals surface area contributed by atoms with Crippen LogP contribution < -0.4 is 10.5 Å². The molecule has 0 bridgehead atoms. The maximum Gasteiger partial charge on any atom is 0.322 e. The molecule has 0 aliphatic rings. The van der Waals surface area contributed by atoms with E-state index in [4.69, 9.17) is 10.5 Å². The van der Waals surface area contributed by atoms with E-state index in [2.05, 4.69) is 4.74 Å². The number of hydrogen-bond donors (Lipinski definition) is 1. The third-order valence-corrected chi connectivity index (χ3v) is 2.09. The van der Waals surface area contributed by atoms with Gasteiger partial charge in [0.05, 0.1) is 14.2 Å². The van der Waals surface area contributed by atoms with Crippen LogP contribution in [0.15, 0.2) is 24.3 Å². The molecule has 2 N–H and O–H groups in total. The second kappa shape index (κ2) is 5.36. The molecule has 0 saturated carbocycles. The van der Waals surface area contributed by atoms with Gasteiger partial charge in [-0.25, -0.2) is 0 Å². The predicted molar refractivity (Wildman–Crippen MR) is 56.7 cm³/mol. The van der Waals surface area contributed by atoms with Gasteiger partial charge in [-0.05, 0) is 24.1 Å². The molecule has 0 spiro atoms. The molecule has 4 heteroatoms. The molecule has 82 valence electrons. The van der Waals surface area contributed by atoms with Crippen molar-refractivity contribution >= 4 is 5.97 Å². The van der Waals surface area contributed by atoms with E-state index >= 15 is 0 Å². The van der Waals surface area contributed by atoms with Crippen molar-refractivity contribution in [2.45, 2.75) is 12.5 Å². The van der Waals surface area contributed by atoms with Crippen LogP contribution in [0.5, 0.6) is 5.75 Å². The standard InChI is InChI=1S/C11H15NO3/c1-14-9-5-3-4-8(6-9)7-10(12)11(13)15-2/h3-6,10H,7,12H2,1-2H3/t10-/m1/s1. The summed E-state index contributed by atoms with van der Waals surface area (Å²) in [6.45, 7) is 0. The van der Waals surface area contributed by atoms with Gasteiger partial charge in [0, 0.05) is 0 Å². The summed E-state index contributed by atoms with van der Waals surface area (Å²) in [5.74, 6) is 0.349. The molecule has 0 heterocycles. The number of carbonyl (C=O) groups is 1. The van der Waals surface area contributed by atoms with E-state index in [1.165, 1.54) is 7.11 Å². The maximum atomic E-state index is 11.1. The molecule has 0 unspecified atom stereocenters. The fraction of sp³-hybridized carbons (Fsp3) is 0.364. The summed E-state index contributed by atoms with van der Waals surface area (Å²) in [6, 6.07) is 6.82. The molecule has 15 heavy (non-hydrogen) atoms. The lowest BCUT2D eigenvalue weighted by Crippen LogP contribution is -2.33. The van der Waals surface area contributed by atoms with Gasteiger partial charge in [-0.15, -0.1) is 0 Å². The van der Waals surface area contributed by atoms with Crippen molar-refractivity contribution in [2.75, 3.05) is 14.2 Å². The van der Waals surface area contributed by atoms with Crippen LogP contribution in [0.4, 0.5) is 0 Å². The highest BCUT2D eigenvalue weighted by Crippen LogP contribution is 2.13. The van der Waals surface area contributed by atoms with Gasteiger partial charge in [0.25, 0.3) is 0 Å². The van der Waals surface area contributed by atoms with E-state index in [1.54, 1.807) is 7.11 Å². The van der Waals surface area contributed by atoms with E-state index in [0.29, 0.717) is 6.42 Å². The summed E-state index contributed by atoms with van der Waals surface area (Å²) in [6.07, 6.45) is 0.448. The Morgan fingerprint density at radius 3 is 2.80 bits per heavy atom. The van der Waals surface area contributed by atoms with Gasteiger partial charge >= 0.3 is 5.97 Å². The summed E-state index contributed by atoms with van der Waals surface area (Å²) in [5.41, 5.74) is 6.59. The minimum atomic E-state index is -0.623. The Balaban J connectivity index is 2.67. The Morgan fingerprint density at radius 1 is 1.47 bits per heavy atom. The second-order valence-electron chi connectivity index (χ2n) is 3.19. The zero-order valence-electron chi connectivity index (χ0n) is 8.90. The monoisotopic (exact) mass is 209 g/mol. The van der Waals surface area contributed by atoms with Gasteiger partial charge in [0.2, 0.25) is 0 Å². The SMILES string of the molecule is COC(=O)[C@H](N)Cc1cccc(OC)c1. The number of rotatable bonds is 4. The summed E-state index contributed by atoms with van der Waals surface area (Å²) in [7, 11) is 2.92. The fourth-order valence-corrected chi connectivity index (χ4v) is 1.29. The van der Waals surface area contributed by atoms with Crippen LogP contribution in [0.3, 0.4) is 0 Å². The first-order valence-corrected chi connectivity index (χ1v) is 4.63. The van der Waals surface area contributed by atoms with E-state index in [1.807, 2.05) is 24.3 Å². The van der Waals surface area contributed by atoms with Crippen LogP contribution in [-0.2, 0) is 16.0 Å². The van der Waals surface area contributed by atoms with Crippen LogP contribution in [0, 0.1) is 0 Å². The average molecular weight is 209 g/mol. The highest BCUT2D eigenvalue weighted by atomic mass is 16.5. The van der Waals surface area contributed by atoms with Crippen molar-refractivity contribution in [3.63, 3.8) is 0 Å². The average Bonchev–Trinajstić information content (AvgIpc) is 2.28. The molecule has 0 fully saturated rings. The molecule has 0 aliphatic carbocycles. The number of methoxy groups -OCH3 is 2. The van der Waals surface area contributed by atoms with E-state index in [0.717, 1.165) is 11.3 Å². The second-order valence-corrected chi connectivity index (χ2v) is 3.19. The summed E-state index contributed by atoms with van der Waals surface area (Å²) in [4.78, 5) is 11.1. The number of carbonyl (C=O) groups excluding carboxylic acids is 1. The van der Waals surface area contributed by atoms with Gasteiger partial charge in [0.15, 0.2) is 0 Å². The van der Waals surface area contributed by atoms with Crippen LogP contribution in [0.2, 0.25) is 0 Å². The lowest BCUT2D eigenvalue weighted by molar-refractivity contribution is -0.142. The molecule has 1 aromatic carbocycles. The Bertz CT molecular complexity index is 338. The molecule has 0 saturated heterocycles. The molecular weight excluding hydrogens is 194 g/mol. The topological polar surface area (TPSA) is 61.5 Å². The first-order valence-electron chi connectivity index (χ1n) is 4.63. The highest BCUT2D eigenvalue weighted by Gasteiger charge is 2.14. The van der Waals surface area contributed by atoms with E-state index < -0.39 is 12.0 Å². The smallest absolute Gasteiger partial charge is 0.322 e. The Labute approximate surface area is 89.0 Å². The quantitative estimate of drug-likeness (QED) is 0.743. The Kier molecular flexibility index (Phi) is 4.12. The Hall–Kier alpha value is -1.55. The highest BCUT2D eigenvalue weighted by molar-refractivity contribution is 5.75. The van der Waals surface area contributed by atoms with Crippen molar-refractivity contribution in [2.24, 2.45) is 5.73 Å². The minimum Gasteiger partial charge on any atom is -0.497 e. The molecular formula is C11H15NO3. The zero-order chi connectivity index (χ0) is 11.3. The normalized spacial score (nSPS) is 11.9. The predicted octanol–water partition coefficient (Wildman–Crippen LogP) is 0.738. The van der Waals surface area contributed by atoms with Gasteiger partial charge in [-0.2, -0.15) is 0 Å². The van der Waals surface area contributed by atoms with Crippen molar-refractivity contribution in [3.05, 3.63) is 29.8 Å². The van der Waals surface area contributed by atoms with Gasteiger partial charge in [-0.1, -0.05) is 12.1 Å². The van der Waals surface area contributed by atoms with Crippen LogP contribution in [-0.4, -0.2) is 26.2 Å².